The van der Waals surface area contributed by atoms with Crippen LogP contribution in [-0.2, 0) is 15.0 Å². The van der Waals surface area contributed by atoms with Crippen molar-refractivity contribution in [1.82, 2.24) is 9.03 Å². The summed E-state index contributed by atoms with van der Waals surface area (Å²) in [4.78, 5) is 12.7. The largest absolute Gasteiger partial charge is 0.435 e. The number of carbonyl (C=O) groups excluding carboxylic acids is 1. The molecule has 2 aromatic carbocycles. The fraction of sp³-hybridized carbons (Fsp3) is 0.278. The number of amides is 1. The van der Waals surface area contributed by atoms with Gasteiger partial charge in [-0.2, -0.15) is 26.2 Å². The molecule has 2 atom stereocenters. The van der Waals surface area contributed by atoms with Crippen molar-refractivity contribution < 1.29 is 31.1 Å². The van der Waals surface area contributed by atoms with Gasteiger partial charge in [0.1, 0.15) is 17.6 Å². The van der Waals surface area contributed by atoms with Crippen molar-refractivity contribution in [3.63, 3.8) is 0 Å². The fourth-order valence-electron chi connectivity index (χ4n) is 3.01. The van der Waals surface area contributed by atoms with Gasteiger partial charge in [0, 0.05) is 18.8 Å². The quantitative estimate of drug-likeness (QED) is 0.712. The predicted molar refractivity (Wildman–Crippen MR) is 104 cm³/mol. The van der Waals surface area contributed by atoms with E-state index in [1.54, 1.807) is 0 Å². The van der Waals surface area contributed by atoms with E-state index in [2.05, 4.69) is 14.8 Å². The summed E-state index contributed by atoms with van der Waals surface area (Å²) >= 11 is 5.70. The number of nitrogens with one attached hydrogen (secondary N) is 2. The molecule has 1 saturated heterocycles. The maximum absolute atomic E-state index is 13.3. The van der Waals surface area contributed by atoms with E-state index in [1.807, 2.05) is 0 Å². The number of benzene rings is 2. The van der Waals surface area contributed by atoms with Crippen molar-refractivity contribution >= 4 is 33.4 Å². The highest BCUT2D eigenvalue weighted by atomic mass is 35.5. The molecule has 3 rings (SSSR count). The second kappa shape index (κ2) is 8.80. The van der Waals surface area contributed by atoms with Gasteiger partial charge in [0.05, 0.1) is 5.02 Å². The van der Waals surface area contributed by atoms with Crippen molar-refractivity contribution in [1.29, 1.82) is 0 Å². The summed E-state index contributed by atoms with van der Waals surface area (Å²) in [5, 5.41) is 2.33. The topological polar surface area (TPSA) is 87.7 Å². The second-order valence-corrected chi connectivity index (χ2v) is 8.68. The number of rotatable bonds is 5. The fourth-order valence-corrected chi connectivity index (χ4v) is 4.46. The Morgan fingerprint density at radius 2 is 1.93 bits per heavy atom. The van der Waals surface area contributed by atoms with Crippen LogP contribution in [0.5, 0.6) is 5.75 Å². The van der Waals surface area contributed by atoms with Crippen LogP contribution in [-0.4, -0.2) is 38.3 Å². The Hall–Kier alpha value is -2.34. The molecule has 0 aliphatic carbocycles. The maximum Gasteiger partial charge on any atom is 0.387 e. The van der Waals surface area contributed by atoms with E-state index >= 15 is 0 Å². The van der Waals surface area contributed by atoms with Crippen LogP contribution in [0.25, 0.3) is 0 Å². The van der Waals surface area contributed by atoms with E-state index < -0.39 is 40.6 Å². The number of halogens is 4. The molecule has 7 nitrogen and oxygen atoms in total. The minimum atomic E-state index is -4.00. The van der Waals surface area contributed by atoms with Gasteiger partial charge in [-0.25, -0.2) is 4.39 Å². The monoisotopic (exact) mass is 463 g/mol. The molecular formula is C18H17ClF3N3O4S. The Kier molecular flexibility index (Phi) is 6.56. The van der Waals surface area contributed by atoms with Crippen molar-refractivity contribution in [2.75, 3.05) is 12.4 Å². The summed E-state index contributed by atoms with van der Waals surface area (Å²) in [7, 11) is -2.75. The molecule has 0 aromatic heterocycles. The molecule has 30 heavy (non-hydrogen) atoms. The third-order valence-corrected chi connectivity index (χ3v) is 6.45. The van der Waals surface area contributed by atoms with E-state index in [9.17, 15) is 26.4 Å². The average Bonchev–Trinajstić information content (AvgIpc) is 2.67. The molecule has 1 aliphatic rings. The van der Waals surface area contributed by atoms with Crippen LogP contribution in [0.1, 0.15) is 18.0 Å². The van der Waals surface area contributed by atoms with Crippen LogP contribution in [0.4, 0.5) is 18.9 Å². The van der Waals surface area contributed by atoms with Crippen LogP contribution in [0.15, 0.2) is 42.5 Å². The van der Waals surface area contributed by atoms with Crippen LogP contribution in [0.3, 0.4) is 0 Å². The van der Waals surface area contributed by atoms with E-state index in [-0.39, 0.29) is 22.9 Å². The van der Waals surface area contributed by atoms with Crippen molar-refractivity contribution in [2.45, 2.75) is 25.1 Å². The Labute approximate surface area is 176 Å². The van der Waals surface area contributed by atoms with Crippen molar-refractivity contribution in [3.05, 3.63) is 58.9 Å². The van der Waals surface area contributed by atoms with Crippen LogP contribution < -0.4 is 14.8 Å². The van der Waals surface area contributed by atoms with Gasteiger partial charge in [0.25, 0.3) is 10.2 Å². The molecule has 0 bridgehead atoms. The molecule has 2 aromatic rings. The second-order valence-electron chi connectivity index (χ2n) is 6.51. The minimum Gasteiger partial charge on any atom is -0.435 e. The molecule has 0 radical (unpaired) electrons. The third-order valence-electron chi connectivity index (χ3n) is 4.57. The molecule has 1 unspecified atom stereocenters. The van der Waals surface area contributed by atoms with Gasteiger partial charge >= 0.3 is 6.61 Å². The van der Waals surface area contributed by atoms with E-state index in [4.69, 9.17) is 11.6 Å². The van der Waals surface area contributed by atoms with Crippen LogP contribution >= 0.6 is 11.6 Å². The summed E-state index contributed by atoms with van der Waals surface area (Å²) < 4.78 is 70.5. The summed E-state index contributed by atoms with van der Waals surface area (Å²) in [6.07, 6.45) is 0.0611. The van der Waals surface area contributed by atoms with Crippen LogP contribution in [0.2, 0.25) is 5.02 Å². The van der Waals surface area contributed by atoms with E-state index in [0.29, 0.717) is 5.56 Å². The number of ether oxygens (including phenoxy) is 1. The lowest BCUT2D eigenvalue weighted by atomic mass is 9.99. The standard InChI is InChI=1S/C18H17ClF3N3O4S/c1-25-16(17(26)23-11-4-7-14(20)13(19)8-11)9-15(24-30(25,27)28)10-2-5-12(6-3-10)29-18(21)22/h2-8,15-16,18,24H,9H2,1H3,(H,23,26)/t15?,16-/m1/s1. The Bertz CT molecular complexity index is 1040. The Morgan fingerprint density at radius 1 is 1.27 bits per heavy atom. The predicted octanol–water partition coefficient (Wildman–Crippen LogP) is 3.30. The molecular weight excluding hydrogens is 447 g/mol. The Balaban J connectivity index is 1.80. The van der Waals surface area contributed by atoms with Gasteiger partial charge in [-0.15, -0.1) is 0 Å². The van der Waals surface area contributed by atoms with Gasteiger partial charge in [0.2, 0.25) is 5.91 Å². The number of nitrogens with zero attached hydrogens (tertiary/aromatic N) is 1. The number of anilines is 1. The average molecular weight is 464 g/mol. The maximum atomic E-state index is 13.3. The van der Waals surface area contributed by atoms with Gasteiger partial charge < -0.3 is 10.1 Å². The molecule has 0 saturated carbocycles. The zero-order valence-corrected chi connectivity index (χ0v) is 17.1. The molecule has 1 amide bonds. The number of alkyl halides is 2. The summed E-state index contributed by atoms with van der Waals surface area (Å²) in [6.45, 7) is -2.98. The molecule has 0 spiro atoms. The molecule has 1 heterocycles. The first-order valence-corrected chi connectivity index (χ1v) is 10.4. The van der Waals surface area contributed by atoms with Crippen LogP contribution in [0, 0.1) is 5.82 Å². The molecule has 1 fully saturated rings. The minimum absolute atomic E-state index is 0.0611. The molecule has 2 N–H and O–H groups in total. The van der Waals surface area contributed by atoms with Crippen molar-refractivity contribution in [3.8, 4) is 5.75 Å². The first-order valence-electron chi connectivity index (χ1n) is 8.63. The Morgan fingerprint density at radius 3 is 2.53 bits per heavy atom. The van der Waals surface area contributed by atoms with Gasteiger partial charge in [-0.3, -0.25) is 4.79 Å². The summed E-state index contributed by atoms with van der Waals surface area (Å²) in [6, 6.07) is 7.16. The number of carbonyl (C=O) groups is 1. The normalized spacial score (nSPS) is 21.4. The zero-order valence-electron chi connectivity index (χ0n) is 15.5. The van der Waals surface area contributed by atoms with Crippen molar-refractivity contribution in [2.24, 2.45) is 0 Å². The highest BCUT2D eigenvalue weighted by molar-refractivity contribution is 7.87. The first kappa shape index (κ1) is 22.3. The number of likely N-dealkylation sites (N-methyl/N-ethyl adjacent to an activating group) is 1. The summed E-state index contributed by atoms with van der Waals surface area (Å²) in [5.74, 6) is -1.37. The highest BCUT2D eigenvalue weighted by Gasteiger charge is 2.40. The SMILES string of the molecule is CN1[C@@H](C(=O)Nc2ccc(F)c(Cl)c2)CC(c2ccc(OC(F)F)cc2)NS1(=O)=O. The van der Waals surface area contributed by atoms with Gasteiger partial charge in [-0.1, -0.05) is 23.7 Å². The van der Waals surface area contributed by atoms with Gasteiger partial charge in [-0.05, 0) is 42.3 Å². The number of hydrogen-bond acceptors (Lipinski definition) is 4. The molecule has 162 valence electrons. The highest BCUT2D eigenvalue weighted by Crippen LogP contribution is 2.30. The smallest absolute Gasteiger partial charge is 0.387 e. The number of hydrogen-bond donors (Lipinski definition) is 2. The van der Waals surface area contributed by atoms with E-state index in [1.165, 1.54) is 43.4 Å². The molecule has 12 heteroatoms. The lowest BCUT2D eigenvalue weighted by molar-refractivity contribution is -0.120. The lowest BCUT2D eigenvalue weighted by Gasteiger charge is -2.36. The van der Waals surface area contributed by atoms with E-state index in [0.717, 1.165) is 10.4 Å². The summed E-state index contributed by atoms with van der Waals surface area (Å²) in [5.41, 5.74) is 0.677. The van der Waals surface area contributed by atoms with Gasteiger partial charge in [0.15, 0.2) is 0 Å². The third kappa shape index (κ3) is 5.04. The lowest BCUT2D eigenvalue weighted by Crippen LogP contribution is -2.55. The molecule has 1 aliphatic heterocycles. The zero-order chi connectivity index (χ0) is 22.1. The first-order chi connectivity index (χ1) is 14.1.